The molecule has 3 saturated carbocycles. The summed E-state index contributed by atoms with van der Waals surface area (Å²) < 4.78 is 138. The predicted molar refractivity (Wildman–Crippen MR) is 197 cm³/mol. The summed E-state index contributed by atoms with van der Waals surface area (Å²) in [5, 5.41) is 20.4. The molecule has 4 rings (SSSR count). The van der Waals surface area contributed by atoms with E-state index in [1.54, 1.807) is 7.11 Å². The second-order valence-electron chi connectivity index (χ2n) is 14.0. The molecule has 19 nitrogen and oxygen atoms in total. The quantitative estimate of drug-likeness (QED) is 0.0574. The molecule has 0 aromatic rings. The molecule has 1 saturated heterocycles. The minimum Gasteiger partial charge on any atom is -0.380 e. The molecule has 0 bridgehead atoms. The van der Waals surface area contributed by atoms with Crippen LogP contribution in [0.25, 0.3) is 0 Å². The molecule has 1 aliphatic heterocycles. The molecule has 0 spiro atoms. The topological polar surface area (TPSA) is 300 Å². The first-order valence-corrected chi connectivity index (χ1v) is 25.5. The van der Waals surface area contributed by atoms with E-state index in [2.05, 4.69) is 31.5 Å². The Morgan fingerprint density at radius 3 is 1.83 bits per heavy atom. The van der Waals surface area contributed by atoms with Crippen molar-refractivity contribution in [3.05, 3.63) is 0 Å². The van der Waals surface area contributed by atoms with E-state index in [0.717, 1.165) is 0 Å². The van der Waals surface area contributed by atoms with E-state index >= 15 is 0 Å². The molecule has 11 unspecified atom stereocenters. The van der Waals surface area contributed by atoms with Gasteiger partial charge in [0, 0.05) is 13.2 Å². The van der Waals surface area contributed by atoms with E-state index in [1.807, 2.05) is 6.92 Å². The molecule has 4 fully saturated rings. The van der Waals surface area contributed by atoms with Gasteiger partial charge in [-0.05, 0) is 80.6 Å². The number of fused-ring (bicyclic) bond motifs is 1. The van der Waals surface area contributed by atoms with Crippen molar-refractivity contribution in [1.29, 1.82) is 0 Å². The maximum atomic E-state index is 12.4. The third-order valence-electron chi connectivity index (χ3n) is 10.2. The third kappa shape index (κ3) is 13.7. The zero-order valence-electron chi connectivity index (χ0n) is 28.9. The molecule has 0 aromatic heterocycles. The largest absolute Gasteiger partial charge is 0.380 e. The number of hydrogen-bond donors (Lipinski definition) is 8. The molecule has 1 heterocycles. The molecular weight excluding hydrogens is 809 g/mol. The van der Waals surface area contributed by atoms with Crippen LogP contribution >= 0.6 is 23.5 Å². The summed E-state index contributed by atoms with van der Waals surface area (Å²) in [6, 6.07) is -1.15. The van der Waals surface area contributed by atoms with Crippen LogP contribution in [0.2, 0.25) is 0 Å². The summed E-state index contributed by atoms with van der Waals surface area (Å²) in [7, 11) is -15.6. The Morgan fingerprint density at radius 2 is 1.31 bits per heavy atom. The Labute approximate surface area is 315 Å². The van der Waals surface area contributed by atoms with Gasteiger partial charge < -0.3 is 4.74 Å². The summed E-state index contributed by atoms with van der Waals surface area (Å²) in [5.41, 5.74) is -0.706. The lowest BCUT2D eigenvalue weighted by Crippen LogP contribution is -2.71. The highest BCUT2D eigenvalue weighted by Crippen LogP contribution is 2.46. The van der Waals surface area contributed by atoms with E-state index in [4.69, 9.17) is 13.8 Å². The first kappa shape index (κ1) is 44.5. The number of nitrogens with one attached hydrogen (secondary N) is 4. The van der Waals surface area contributed by atoms with Gasteiger partial charge in [-0.25, -0.2) is 0 Å². The molecule has 4 aliphatic rings. The van der Waals surface area contributed by atoms with Crippen LogP contribution in [0.3, 0.4) is 0 Å². The van der Waals surface area contributed by atoms with Gasteiger partial charge in [0.2, 0.25) is 0 Å². The number of azo groups is 1. The lowest BCUT2D eigenvalue weighted by molar-refractivity contribution is 0.0107. The Balaban J connectivity index is 1.40. The van der Waals surface area contributed by atoms with Crippen molar-refractivity contribution in [2.45, 2.75) is 117 Å². The van der Waals surface area contributed by atoms with Gasteiger partial charge >= 0.3 is 0 Å². The molecule has 0 radical (unpaired) electrons. The van der Waals surface area contributed by atoms with Crippen molar-refractivity contribution in [1.82, 2.24) is 21.3 Å². The number of ether oxygens (including phenoxy) is 1. The van der Waals surface area contributed by atoms with E-state index in [-0.39, 0.29) is 78.7 Å². The Morgan fingerprint density at radius 1 is 0.731 bits per heavy atom. The van der Waals surface area contributed by atoms with Gasteiger partial charge in [0.05, 0.1) is 40.2 Å². The molecule has 25 heteroatoms. The number of hydrogen-bond acceptors (Lipinski definition) is 17. The fourth-order valence-electron chi connectivity index (χ4n) is 7.80. The molecule has 52 heavy (non-hydrogen) atoms. The van der Waals surface area contributed by atoms with Gasteiger partial charge in [-0.1, -0.05) is 13.3 Å². The lowest BCUT2D eigenvalue weighted by atomic mass is 9.69. The normalized spacial score (nSPS) is 36.8. The number of thioether (sulfide) groups is 2. The Bertz CT molecular complexity index is 1610. The molecule has 0 aromatic carbocycles. The highest BCUT2D eigenvalue weighted by molar-refractivity contribution is 8.00. The number of nitrogens with zero attached hydrogens (tertiary/aromatic N) is 2. The Kier molecular flexibility index (Phi) is 16.1. The van der Waals surface area contributed by atoms with Crippen molar-refractivity contribution < 1.29 is 56.6 Å². The van der Waals surface area contributed by atoms with E-state index < -0.39 is 75.1 Å². The van der Waals surface area contributed by atoms with E-state index in [0.29, 0.717) is 37.2 Å². The molecule has 304 valence electrons. The summed E-state index contributed by atoms with van der Waals surface area (Å²) in [6.07, 6.45) is 1.98. The van der Waals surface area contributed by atoms with E-state index in [9.17, 15) is 42.8 Å². The predicted octanol–water partition coefficient (Wildman–Crippen LogP) is 0.957. The van der Waals surface area contributed by atoms with Gasteiger partial charge in [-0.15, -0.1) is 23.5 Å². The number of rotatable bonds is 17. The molecule has 0 amide bonds. The highest BCUT2D eigenvalue weighted by Gasteiger charge is 2.51. The first-order valence-electron chi connectivity index (χ1n) is 17.2. The van der Waals surface area contributed by atoms with Crippen LogP contribution in [0.15, 0.2) is 10.2 Å². The fourth-order valence-corrected chi connectivity index (χ4v) is 13.8. The molecule has 11 atom stereocenters. The van der Waals surface area contributed by atoms with Gasteiger partial charge in [-0.3, -0.25) is 39.5 Å². The van der Waals surface area contributed by atoms with E-state index in [1.165, 1.54) is 23.5 Å². The van der Waals surface area contributed by atoms with Crippen LogP contribution < -0.4 is 21.3 Å². The monoisotopic (exact) mass is 860 g/mol. The van der Waals surface area contributed by atoms with Crippen LogP contribution in [0.5, 0.6) is 0 Å². The zero-order valence-corrected chi connectivity index (χ0v) is 33.8. The lowest BCUT2D eigenvalue weighted by Gasteiger charge is -2.45. The minimum atomic E-state index is -4.51. The molecule has 8 N–H and O–H groups in total. The van der Waals surface area contributed by atoms with Crippen LogP contribution in [-0.4, -0.2) is 134 Å². The smallest absolute Gasteiger partial charge is 0.268 e. The average molecular weight is 861 g/mol. The summed E-state index contributed by atoms with van der Waals surface area (Å²) in [4.78, 5) is 0. The summed E-state index contributed by atoms with van der Waals surface area (Å²) in [5.74, 6) is -1.23. The standard InChI is InChI=1S/C27H52N6O13S6/c1-16-12-21(28-25-29-26(47-8-4-10-49(34,35)36)31-27(30-25)48-9-5-11-50(37,38)39)22(46-2)15-20(16)33-32-17-13-19-18(24(14-17)52(43,44)45)6-3-7-23(19)51(40,41)42/h16-31H,3-15H2,1-2H3,(H,34,35,36)(H,37,38,39)(H,40,41,42)(H,43,44,45). The maximum absolute atomic E-state index is 12.4. The van der Waals surface area contributed by atoms with Crippen molar-refractivity contribution in [3.8, 4) is 0 Å². The average Bonchev–Trinajstić information content (AvgIpc) is 3.02. The van der Waals surface area contributed by atoms with Crippen molar-refractivity contribution in [2.24, 2.45) is 28.0 Å². The minimum absolute atomic E-state index is 0.00226. The van der Waals surface area contributed by atoms with Gasteiger partial charge in [-0.2, -0.15) is 43.9 Å². The summed E-state index contributed by atoms with van der Waals surface area (Å²) in [6.45, 7) is 2.00. The molecule has 3 aliphatic carbocycles. The maximum Gasteiger partial charge on any atom is 0.268 e. The fraction of sp³-hybridized carbons (Fsp3) is 1.00. The second kappa shape index (κ2) is 18.8. The van der Waals surface area contributed by atoms with Crippen LogP contribution in [0.4, 0.5) is 0 Å². The van der Waals surface area contributed by atoms with Gasteiger partial charge in [0.1, 0.15) is 17.3 Å². The van der Waals surface area contributed by atoms with Crippen LogP contribution in [-0.2, 0) is 45.2 Å². The van der Waals surface area contributed by atoms with Crippen LogP contribution in [0.1, 0.15) is 64.7 Å². The van der Waals surface area contributed by atoms with Crippen molar-refractivity contribution in [3.63, 3.8) is 0 Å². The van der Waals surface area contributed by atoms with Gasteiger partial charge in [0.15, 0.2) is 0 Å². The Hall–Kier alpha value is -0.260. The van der Waals surface area contributed by atoms with Gasteiger partial charge in [0.25, 0.3) is 40.5 Å². The van der Waals surface area contributed by atoms with Crippen molar-refractivity contribution in [2.75, 3.05) is 30.1 Å². The zero-order chi connectivity index (χ0) is 38.5. The first-order chi connectivity index (χ1) is 24.1. The SMILES string of the molecule is COC1CC(N=NC2CC3C(CCCC3S(=O)(=O)O)C(S(=O)(=O)O)C2)C(C)CC1NC1NC(SCCCS(=O)(=O)O)NC(SCCCS(=O)(=O)O)N1. The second-order valence-corrected chi connectivity index (χ2v) is 22.8. The number of methoxy groups -OCH3 is 1. The highest BCUT2D eigenvalue weighted by atomic mass is 32.2. The van der Waals surface area contributed by atoms with Crippen LogP contribution in [0, 0.1) is 17.8 Å². The van der Waals surface area contributed by atoms with Crippen molar-refractivity contribution >= 4 is 64.0 Å². The molecular formula is C27H52N6O13S6. The third-order valence-corrected chi connectivity index (χ3v) is 16.7. The summed E-state index contributed by atoms with van der Waals surface area (Å²) >= 11 is 2.80.